The van der Waals surface area contributed by atoms with Gasteiger partial charge in [-0.05, 0) is 44.4 Å². The van der Waals surface area contributed by atoms with Gasteiger partial charge in [-0.1, -0.05) is 52.4 Å². The van der Waals surface area contributed by atoms with Gasteiger partial charge in [0.25, 0.3) is 5.92 Å². The van der Waals surface area contributed by atoms with Crippen LogP contribution >= 0.6 is 0 Å². The largest absolute Gasteiger partial charge is 0.456 e. The zero-order valence-electron chi connectivity index (χ0n) is 18.7. The highest BCUT2D eigenvalue weighted by molar-refractivity contribution is 5.66. The van der Waals surface area contributed by atoms with Crippen LogP contribution in [0.5, 0.6) is 0 Å². The minimum absolute atomic E-state index is 0.105. The van der Waals surface area contributed by atoms with E-state index in [-0.39, 0.29) is 12.7 Å². The summed E-state index contributed by atoms with van der Waals surface area (Å²) in [4.78, 5) is 11.0. The van der Waals surface area contributed by atoms with Crippen molar-refractivity contribution in [3.63, 3.8) is 0 Å². The van der Waals surface area contributed by atoms with Gasteiger partial charge in [0.15, 0.2) is 12.4 Å². The highest BCUT2D eigenvalue weighted by Crippen LogP contribution is 2.34. The Kier molecular flexibility index (Phi) is 13.7. The molecule has 4 nitrogen and oxygen atoms in total. The number of unbranched alkanes of at least 4 members (excludes halogenated alkanes) is 2. The van der Waals surface area contributed by atoms with E-state index < -0.39 is 18.0 Å². The van der Waals surface area contributed by atoms with Crippen molar-refractivity contribution >= 4 is 5.97 Å². The second-order valence-corrected chi connectivity index (χ2v) is 8.36. The van der Waals surface area contributed by atoms with Crippen molar-refractivity contribution in [3.05, 3.63) is 0 Å². The number of carbonyl (C=O) groups excluding carboxylic acids is 1. The van der Waals surface area contributed by atoms with Crippen molar-refractivity contribution in [2.45, 2.75) is 123 Å². The van der Waals surface area contributed by atoms with E-state index >= 15 is 0 Å². The fourth-order valence-electron chi connectivity index (χ4n) is 3.89. The number of esters is 1. The lowest BCUT2D eigenvalue weighted by atomic mass is 9.95. The molecule has 0 spiro atoms. The van der Waals surface area contributed by atoms with Gasteiger partial charge in [0, 0.05) is 13.3 Å². The molecule has 0 amide bonds. The number of ether oxygens (including phenoxy) is 3. The van der Waals surface area contributed by atoms with Gasteiger partial charge >= 0.3 is 5.97 Å². The molecule has 0 N–H and O–H groups in total. The molecule has 1 atom stereocenters. The molecule has 0 radical (unpaired) electrons. The number of rotatable bonds is 11. The Bertz CT molecular complexity index is 419. The summed E-state index contributed by atoms with van der Waals surface area (Å²) >= 11 is 0. The molecule has 1 aliphatic carbocycles. The molecule has 0 bridgehead atoms. The second kappa shape index (κ2) is 15.1. The Hall–Kier alpha value is -0.750. The Labute approximate surface area is 176 Å². The van der Waals surface area contributed by atoms with Crippen LogP contribution in [0.2, 0.25) is 0 Å². The lowest BCUT2D eigenvalue weighted by Gasteiger charge is -2.27. The van der Waals surface area contributed by atoms with Crippen molar-refractivity contribution in [2.24, 2.45) is 5.92 Å². The first kappa shape index (κ1) is 26.3. The normalized spacial score (nSPS) is 19.5. The standard InChI is InChI=1S/C15H26F2O2.C8H16O2/c1-3-4-11-15(16,17)14(19-12(2)18)10-9-13-7-5-6-8-13;1-2-3-5-8-9-6-4-7-10-8/h13-14H,3-11H2,1-2H3;8H,2-7H2,1H3. The van der Waals surface area contributed by atoms with Gasteiger partial charge in [0.1, 0.15) is 0 Å². The van der Waals surface area contributed by atoms with Crippen LogP contribution in [-0.4, -0.2) is 37.5 Å². The highest BCUT2D eigenvalue weighted by Gasteiger charge is 2.41. The molecule has 0 aromatic heterocycles. The number of halogens is 2. The van der Waals surface area contributed by atoms with Gasteiger partial charge in [0.05, 0.1) is 13.2 Å². The van der Waals surface area contributed by atoms with E-state index in [1.54, 1.807) is 0 Å². The van der Waals surface area contributed by atoms with E-state index in [1.807, 2.05) is 6.92 Å². The van der Waals surface area contributed by atoms with Gasteiger partial charge in [0.2, 0.25) is 0 Å². The molecule has 1 aliphatic heterocycles. The van der Waals surface area contributed by atoms with Crippen LogP contribution in [0.25, 0.3) is 0 Å². The average Bonchev–Trinajstić information content (AvgIpc) is 3.22. The topological polar surface area (TPSA) is 44.8 Å². The van der Waals surface area contributed by atoms with Crippen LogP contribution in [0.3, 0.4) is 0 Å². The lowest BCUT2D eigenvalue weighted by Crippen LogP contribution is -2.37. The molecular formula is C23H42F2O4. The summed E-state index contributed by atoms with van der Waals surface area (Å²) in [7, 11) is 0. The van der Waals surface area contributed by atoms with E-state index in [0.717, 1.165) is 51.7 Å². The van der Waals surface area contributed by atoms with Crippen LogP contribution in [0.4, 0.5) is 8.78 Å². The summed E-state index contributed by atoms with van der Waals surface area (Å²) in [5, 5.41) is 0. The van der Waals surface area contributed by atoms with Crippen molar-refractivity contribution in [2.75, 3.05) is 13.2 Å². The van der Waals surface area contributed by atoms with E-state index in [9.17, 15) is 13.6 Å². The van der Waals surface area contributed by atoms with Gasteiger partial charge in [-0.25, -0.2) is 8.78 Å². The van der Waals surface area contributed by atoms with E-state index in [1.165, 1.54) is 32.6 Å². The summed E-state index contributed by atoms with van der Waals surface area (Å²) in [5.74, 6) is -2.95. The first-order valence-corrected chi connectivity index (χ1v) is 11.7. The summed E-state index contributed by atoms with van der Waals surface area (Å²) in [6.07, 6.45) is 10.1. The third-order valence-electron chi connectivity index (χ3n) is 5.64. The average molecular weight is 421 g/mol. The third kappa shape index (κ3) is 11.9. The molecule has 6 heteroatoms. The molecule has 172 valence electrons. The Morgan fingerprint density at radius 1 is 1.03 bits per heavy atom. The molecule has 1 unspecified atom stereocenters. The maximum absolute atomic E-state index is 14.0. The molecule has 1 heterocycles. The molecular weight excluding hydrogens is 378 g/mol. The van der Waals surface area contributed by atoms with Gasteiger partial charge in [-0.15, -0.1) is 0 Å². The fourth-order valence-corrected chi connectivity index (χ4v) is 3.89. The third-order valence-corrected chi connectivity index (χ3v) is 5.64. The van der Waals surface area contributed by atoms with Gasteiger partial charge in [-0.3, -0.25) is 4.79 Å². The molecule has 29 heavy (non-hydrogen) atoms. The summed E-state index contributed by atoms with van der Waals surface area (Å²) in [6, 6.07) is 0. The first-order chi connectivity index (χ1) is 13.9. The van der Waals surface area contributed by atoms with Crippen molar-refractivity contribution in [1.82, 2.24) is 0 Å². The van der Waals surface area contributed by atoms with Crippen LogP contribution < -0.4 is 0 Å². The molecule has 2 rings (SSSR count). The molecule has 1 saturated carbocycles. The predicted octanol–water partition coefficient (Wildman–Crippen LogP) is 6.65. The Morgan fingerprint density at radius 3 is 2.21 bits per heavy atom. The predicted molar refractivity (Wildman–Crippen MR) is 111 cm³/mol. The van der Waals surface area contributed by atoms with Crippen LogP contribution in [0.15, 0.2) is 0 Å². The molecule has 0 aromatic carbocycles. The van der Waals surface area contributed by atoms with E-state index in [4.69, 9.17) is 14.2 Å². The monoisotopic (exact) mass is 420 g/mol. The van der Waals surface area contributed by atoms with Crippen molar-refractivity contribution in [1.29, 1.82) is 0 Å². The fraction of sp³-hybridized carbons (Fsp3) is 0.957. The minimum Gasteiger partial charge on any atom is -0.456 e. The van der Waals surface area contributed by atoms with Crippen LogP contribution in [0, 0.1) is 5.92 Å². The van der Waals surface area contributed by atoms with Crippen molar-refractivity contribution < 1.29 is 27.8 Å². The van der Waals surface area contributed by atoms with Gasteiger partial charge in [-0.2, -0.15) is 0 Å². The zero-order valence-corrected chi connectivity index (χ0v) is 18.7. The summed E-state index contributed by atoms with van der Waals surface area (Å²) < 4.78 is 43.7. The van der Waals surface area contributed by atoms with Crippen LogP contribution in [0.1, 0.15) is 104 Å². The SMILES string of the molecule is CCCCC(F)(F)C(CCC1CCCC1)OC(C)=O.CCCCC1OCCCO1. The maximum Gasteiger partial charge on any atom is 0.303 e. The number of hydrogen-bond donors (Lipinski definition) is 0. The van der Waals surface area contributed by atoms with Crippen LogP contribution in [-0.2, 0) is 19.0 Å². The van der Waals surface area contributed by atoms with Crippen molar-refractivity contribution in [3.8, 4) is 0 Å². The van der Waals surface area contributed by atoms with Gasteiger partial charge < -0.3 is 14.2 Å². The molecule has 2 fully saturated rings. The molecule has 1 saturated heterocycles. The zero-order chi connectivity index (χ0) is 21.5. The highest BCUT2D eigenvalue weighted by atomic mass is 19.3. The summed E-state index contributed by atoms with van der Waals surface area (Å²) in [6.45, 7) is 7.04. The lowest BCUT2D eigenvalue weighted by molar-refractivity contribution is -0.181. The Balaban J connectivity index is 0.000000352. The summed E-state index contributed by atoms with van der Waals surface area (Å²) in [5.41, 5.74) is 0. The molecule has 0 aromatic rings. The maximum atomic E-state index is 14.0. The molecule has 2 aliphatic rings. The smallest absolute Gasteiger partial charge is 0.303 e. The number of hydrogen-bond acceptors (Lipinski definition) is 4. The van der Waals surface area contributed by atoms with E-state index in [0.29, 0.717) is 18.8 Å². The number of alkyl halides is 2. The van der Waals surface area contributed by atoms with E-state index in [2.05, 4.69) is 6.92 Å². The second-order valence-electron chi connectivity index (χ2n) is 8.36. The quantitative estimate of drug-likeness (QED) is 0.351. The number of carbonyl (C=O) groups is 1. The minimum atomic E-state index is -2.89. The first-order valence-electron chi connectivity index (χ1n) is 11.7. The Morgan fingerprint density at radius 2 is 1.66 bits per heavy atom.